The molecule has 2 fully saturated rings. The zero-order valence-electron chi connectivity index (χ0n) is 23.5. The number of ether oxygens (including phenoxy) is 2. The number of carbonyl (C=O) groups is 1. The number of aliphatic hydroxyl groups is 1. The van der Waals surface area contributed by atoms with Crippen LogP contribution in [0, 0.1) is 12.3 Å². The van der Waals surface area contributed by atoms with Crippen LogP contribution in [0.2, 0.25) is 0 Å². The molecule has 0 unspecified atom stereocenters. The minimum Gasteiger partial charge on any atom is -0.492 e. The van der Waals surface area contributed by atoms with Crippen molar-refractivity contribution in [3.05, 3.63) is 59.7 Å². The number of fused-ring (bicyclic) bond motifs is 1. The van der Waals surface area contributed by atoms with Crippen molar-refractivity contribution in [1.82, 2.24) is 10.2 Å². The molecule has 1 amide bonds. The van der Waals surface area contributed by atoms with E-state index >= 15 is 0 Å². The standard InChI is InChI=1S/C32H45N3O4/c1-26-7-6-8-27(23-26)35-19-14-32(37,15-20-35)24-34-17-12-31(13-18-34)11-4-5-21-38-22-16-33-30(36)28-9-2-3-10-29(28)39-25-31/h2-3,6-10,23,37H,4-5,11-22,24-25H2,1H3,(H,33,36). The lowest BCUT2D eigenvalue weighted by molar-refractivity contribution is -0.0379. The van der Waals surface area contributed by atoms with E-state index in [1.807, 2.05) is 24.3 Å². The quantitative estimate of drug-likeness (QED) is 0.606. The van der Waals surface area contributed by atoms with Gasteiger partial charge in [-0.25, -0.2) is 0 Å². The molecule has 0 atom stereocenters. The molecule has 2 aromatic carbocycles. The first-order valence-electron chi connectivity index (χ1n) is 14.8. The number of aryl methyl sites for hydroxylation is 1. The van der Waals surface area contributed by atoms with Crippen molar-refractivity contribution in [2.45, 2.75) is 57.5 Å². The van der Waals surface area contributed by atoms with Gasteiger partial charge in [-0.3, -0.25) is 4.79 Å². The molecule has 0 saturated carbocycles. The molecule has 3 heterocycles. The Hall–Kier alpha value is -2.61. The molecule has 5 rings (SSSR count). The topological polar surface area (TPSA) is 74.3 Å². The number of nitrogens with one attached hydrogen (secondary N) is 1. The van der Waals surface area contributed by atoms with E-state index in [0.717, 1.165) is 84.3 Å². The third-order valence-electron chi connectivity index (χ3n) is 8.94. The Morgan fingerprint density at radius 1 is 0.923 bits per heavy atom. The second kappa shape index (κ2) is 12.7. The van der Waals surface area contributed by atoms with E-state index in [1.165, 1.54) is 11.3 Å². The Morgan fingerprint density at radius 3 is 2.51 bits per heavy atom. The van der Waals surface area contributed by atoms with Crippen molar-refractivity contribution in [1.29, 1.82) is 0 Å². The fraction of sp³-hybridized carbons (Fsp3) is 0.594. The van der Waals surface area contributed by atoms with Crippen LogP contribution in [0.15, 0.2) is 48.5 Å². The van der Waals surface area contributed by atoms with Gasteiger partial charge in [-0.05, 0) is 88.4 Å². The second-order valence-electron chi connectivity index (χ2n) is 11.9. The van der Waals surface area contributed by atoms with Gasteiger partial charge in [0, 0.05) is 43.9 Å². The van der Waals surface area contributed by atoms with Gasteiger partial charge in [0.25, 0.3) is 5.91 Å². The molecule has 39 heavy (non-hydrogen) atoms. The summed E-state index contributed by atoms with van der Waals surface area (Å²) in [5.74, 6) is 0.543. The van der Waals surface area contributed by atoms with Crippen LogP contribution in [0.3, 0.4) is 0 Å². The van der Waals surface area contributed by atoms with E-state index in [-0.39, 0.29) is 11.3 Å². The lowest BCUT2D eigenvalue weighted by Gasteiger charge is -2.46. The van der Waals surface area contributed by atoms with Crippen molar-refractivity contribution in [2.75, 3.05) is 64.0 Å². The lowest BCUT2D eigenvalue weighted by Crippen LogP contribution is -2.53. The van der Waals surface area contributed by atoms with E-state index in [0.29, 0.717) is 31.1 Å². The molecule has 3 aliphatic rings. The number of hydrogen-bond donors (Lipinski definition) is 2. The molecule has 2 aromatic rings. The SMILES string of the molecule is Cc1cccc(N2CCC(O)(CN3CCC4(CCCCOCCNC(=O)c5ccccc5OC4)CC3)CC2)c1. The molecule has 212 valence electrons. The number of rotatable bonds is 3. The first-order valence-corrected chi connectivity index (χ1v) is 14.8. The Labute approximate surface area is 233 Å². The number of hydrogen-bond acceptors (Lipinski definition) is 6. The molecule has 7 nitrogen and oxygen atoms in total. The van der Waals surface area contributed by atoms with Crippen molar-refractivity contribution in [3.63, 3.8) is 0 Å². The molecule has 0 radical (unpaired) electrons. The third kappa shape index (κ3) is 7.33. The zero-order valence-corrected chi connectivity index (χ0v) is 23.5. The first-order chi connectivity index (χ1) is 18.9. The number of piperidine rings is 2. The fourth-order valence-corrected chi connectivity index (χ4v) is 6.38. The minimum atomic E-state index is -0.631. The van der Waals surface area contributed by atoms with Crippen LogP contribution in [0.4, 0.5) is 5.69 Å². The third-order valence-corrected chi connectivity index (χ3v) is 8.94. The first kappa shape index (κ1) is 27.9. The fourth-order valence-electron chi connectivity index (χ4n) is 6.38. The highest BCUT2D eigenvalue weighted by atomic mass is 16.5. The second-order valence-corrected chi connectivity index (χ2v) is 11.9. The largest absolute Gasteiger partial charge is 0.492 e. The van der Waals surface area contributed by atoms with Gasteiger partial charge in [0.1, 0.15) is 5.75 Å². The molecule has 7 heteroatoms. The van der Waals surface area contributed by atoms with Gasteiger partial charge in [-0.2, -0.15) is 0 Å². The number of para-hydroxylation sites is 1. The maximum absolute atomic E-state index is 12.7. The Balaban J connectivity index is 1.18. The number of benzene rings is 2. The molecule has 0 aromatic heterocycles. The van der Waals surface area contributed by atoms with Gasteiger partial charge in [-0.15, -0.1) is 0 Å². The molecule has 2 saturated heterocycles. The summed E-state index contributed by atoms with van der Waals surface area (Å²) in [7, 11) is 0. The van der Waals surface area contributed by atoms with Crippen molar-refractivity contribution >= 4 is 11.6 Å². The van der Waals surface area contributed by atoms with Gasteiger partial charge in [0.15, 0.2) is 0 Å². The van der Waals surface area contributed by atoms with Gasteiger partial charge in [0.2, 0.25) is 0 Å². The van der Waals surface area contributed by atoms with Gasteiger partial charge in [-0.1, -0.05) is 30.7 Å². The highest BCUT2D eigenvalue weighted by Gasteiger charge is 2.39. The molecule has 3 aliphatic heterocycles. The molecule has 0 aliphatic carbocycles. The monoisotopic (exact) mass is 535 g/mol. The number of nitrogens with zero attached hydrogens (tertiary/aromatic N) is 2. The maximum atomic E-state index is 12.7. The van der Waals surface area contributed by atoms with E-state index in [4.69, 9.17) is 9.47 Å². The van der Waals surface area contributed by atoms with Crippen LogP contribution in [0.1, 0.15) is 60.9 Å². The average molecular weight is 536 g/mol. The smallest absolute Gasteiger partial charge is 0.255 e. The Bertz CT molecular complexity index is 1090. The molecular weight excluding hydrogens is 490 g/mol. The van der Waals surface area contributed by atoms with Crippen LogP contribution in [0.5, 0.6) is 5.75 Å². The van der Waals surface area contributed by atoms with E-state index in [1.54, 1.807) is 0 Å². The van der Waals surface area contributed by atoms with Crippen molar-refractivity contribution in [2.24, 2.45) is 5.41 Å². The Kier molecular flexibility index (Phi) is 9.10. The summed E-state index contributed by atoms with van der Waals surface area (Å²) < 4.78 is 12.2. The Morgan fingerprint density at radius 2 is 1.72 bits per heavy atom. The summed E-state index contributed by atoms with van der Waals surface area (Å²) in [6, 6.07) is 16.2. The summed E-state index contributed by atoms with van der Waals surface area (Å²) in [5.41, 5.74) is 2.56. The number of amides is 1. The molecular formula is C32H45N3O4. The number of anilines is 1. The molecule has 2 N–H and O–H groups in total. The summed E-state index contributed by atoms with van der Waals surface area (Å²) >= 11 is 0. The number of likely N-dealkylation sites (tertiary alicyclic amines) is 1. The van der Waals surface area contributed by atoms with Crippen LogP contribution in [0.25, 0.3) is 0 Å². The van der Waals surface area contributed by atoms with Crippen LogP contribution >= 0.6 is 0 Å². The minimum absolute atomic E-state index is 0.0708. The summed E-state index contributed by atoms with van der Waals surface area (Å²) in [5, 5.41) is 14.4. The van der Waals surface area contributed by atoms with Crippen molar-refractivity contribution < 1.29 is 19.4 Å². The van der Waals surface area contributed by atoms with Crippen LogP contribution in [-0.4, -0.2) is 80.6 Å². The van der Waals surface area contributed by atoms with E-state index < -0.39 is 5.60 Å². The molecule has 0 bridgehead atoms. The number of carbonyl (C=O) groups excluding carboxylic acids is 1. The average Bonchev–Trinajstić information content (AvgIpc) is 2.94. The predicted octanol–water partition coefficient (Wildman–Crippen LogP) is 4.42. The lowest BCUT2D eigenvalue weighted by atomic mass is 9.74. The van der Waals surface area contributed by atoms with Crippen molar-refractivity contribution in [3.8, 4) is 5.75 Å². The summed E-state index contributed by atoms with van der Waals surface area (Å²) in [6.45, 7) is 8.95. The van der Waals surface area contributed by atoms with E-state index in [2.05, 4.69) is 46.3 Å². The summed E-state index contributed by atoms with van der Waals surface area (Å²) in [4.78, 5) is 17.6. The van der Waals surface area contributed by atoms with Gasteiger partial charge < -0.3 is 29.7 Å². The van der Waals surface area contributed by atoms with Crippen LogP contribution in [-0.2, 0) is 4.74 Å². The highest BCUT2D eigenvalue weighted by molar-refractivity contribution is 5.96. The van der Waals surface area contributed by atoms with Crippen LogP contribution < -0.4 is 15.0 Å². The van der Waals surface area contributed by atoms with Gasteiger partial charge in [0.05, 0.1) is 24.4 Å². The normalized spacial score (nSPS) is 22.8. The predicted molar refractivity (Wildman–Crippen MR) is 155 cm³/mol. The maximum Gasteiger partial charge on any atom is 0.255 e. The highest BCUT2D eigenvalue weighted by Crippen LogP contribution is 2.39. The van der Waals surface area contributed by atoms with E-state index in [9.17, 15) is 9.90 Å². The zero-order chi connectivity index (χ0) is 27.1. The molecule has 1 spiro atoms. The number of β-amino-alcohol motifs (C(OH)–C–C–N with tert-alkyl or cyclic N) is 1. The van der Waals surface area contributed by atoms with Gasteiger partial charge >= 0.3 is 0 Å². The summed E-state index contributed by atoms with van der Waals surface area (Å²) in [6.07, 6.45) is 6.88.